The average Bonchev–Trinajstić information content (AvgIpc) is 1.35. The standard InChI is InChI=1S/CH3FNOPS/c2-6-3-1(4)5/h5H2,(H,3,4). The lowest BCUT2D eigenvalue weighted by Crippen LogP contribution is -2.00. The van der Waals surface area contributed by atoms with Crippen molar-refractivity contribution in [2.24, 2.45) is 0 Å². The Bertz CT molecular complexity index is 59.5. The van der Waals surface area contributed by atoms with Gasteiger partial charge in [-0.15, -0.1) is 3.89 Å². The summed E-state index contributed by atoms with van der Waals surface area (Å²) in [5, 5.41) is 0. The molecule has 0 saturated carbocycles. The molecule has 0 aliphatic carbocycles. The van der Waals surface area contributed by atoms with Gasteiger partial charge in [0.05, 0.1) is 0 Å². The SMILES string of the molecule is O=C(P)NSF. The van der Waals surface area contributed by atoms with Gasteiger partial charge in [0.25, 0.3) is 0 Å². The van der Waals surface area contributed by atoms with E-state index in [-0.39, 0.29) is 12.3 Å². The van der Waals surface area contributed by atoms with Crippen molar-refractivity contribution in [3.8, 4) is 0 Å². The minimum atomic E-state index is -0.456. The van der Waals surface area contributed by atoms with Crippen molar-refractivity contribution >= 4 is 27.2 Å². The van der Waals surface area contributed by atoms with Crippen LogP contribution in [0.15, 0.2) is 0 Å². The highest BCUT2D eigenvalue weighted by atomic mass is 32.2. The average molecular weight is 127 g/mol. The summed E-state index contributed by atoms with van der Waals surface area (Å²) in [6, 6.07) is 0. The minimum Gasteiger partial charge on any atom is -0.270 e. The summed E-state index contributed by atoms with van der Waals surface area (Å²) >= 11 is -0.211. The van der Waals surface area contributed by atoms with Crippen LogP contribution in [0.4, 0.5) is 8.68 Å². The van der Waals surface area contributed by atoms with E-state index in [2.05, 4.69) is 0 Å². The van der Waals surface area contributed by atoms with Crippen LogP contribution >= 0.6 is 21.6 Å². The van der Waals surface area contributed by atoms with E-state index in [0.29, 0.717) is 0 Å². The molecule has 1 atom stereocenters. The summed E-state index contributed by atoms with van der Waals surface area (Å²) in [5.41, 5.74) is -0.456. The van der Waals surface area contributed by atoms with Gasteiger partial charge in [0.2, 0.25) is 5.65 Å². The molecule has 0 fully saturated rings. The first-order chi connectivity index (χ1) is 2.77. The molecule has 0 aliphatic heterocycles. The Morgan fingerprint density at radius 2 is 2.50 bits per heavy atom. The molecule has 0 aromatic carbocycles. The molecule has 0 aliphatic rings. The highest BCUT2D eigenvalue weighted by Crippen LogP contribution is 1.94. The Morgan fingerprint density at radius 1 is 2.00 bits per heavy atom. The molecule has 0 bridgehead atoms. The van der Waals surface area contributed by atoms with E-state index < -0.39 is 5.65 Å². The number of nitrogens with one attached hydrogen (secondary N) is 1. The fraction of sp³-hybridized carbons (Fsp3) is 0. The van der Waals surface area contributed by atoms with E-state index in [1.54, 1.807) is 14.0 Å². The zero-order chi connectivity index (χ0) is 4.99. The third kappa shape index (κ3) is 4.18. The molecule has 1 N–H and O–H groups in total. The van der Waals surface area contributed by atoms with Crippen molar-refractivity contribution in [2.45, 2.75) is 0 Å². The summed E-state index contributed by atoms with van der Waals surface area (Å²) < 4.78 is 12.6. The van der Waals surface area contributed by atoms with Gasteiger partial charge < -0.3 is 0 Å². The summed E-state index contributed by atoms with van der Waals surface area (Å²) in [6.45, 7) is 0. The van der Waals surface area contributed by atoms with Crippen LogP contribution in [0.1, 0.15) is 0 Å². The monoisotopic (exact) mass is 127 g/mol. The van der Waals surface area contributed by atoms with E-state index in [9.17, 15) is 8.68 Å². The van der Waals surface area contributed by atoms with Crippen LogP contribution < -0.4 is 4.72 Å². The topological polar surface area (TPSA) is 29.1 Å². The zero-order valence-corrected chi connectivity index (χ0v) is 4.74. The second-order valence-corrected chi connectivity index (χ2v) is 1.43. The first-order valence-corrected chi connectivity index (χ1v) is 2.40. The Hall–Kier alpha value is 0.180. The number of carbonyl (C=O) groups excluding carboxylic acids is 1. The van der Waals surface area contributed by atoms with Crippen LogP contribution in [-0.2, 0) is 0 Å². The van der Waals surface area contributed by atoms with Gasteiger partial charge in [0.15, 0.2) is 12.3 Å². The molecule has 0 aromatic rings. The second-order valence-electron chi connectivity index (χ2n) is 0.543. The molecule has 0 rings (SSSR count). The molecule has 0 heterocycles. The number of carbonyl (C=O) groups is 1. The Balaban J connectivity index is 2.83. The third-order valence-corrected chi connectivity index (χ3v) is 0.771. The predicted molar refractivity (Wildman–Crippen MR) is 26.9 cm³/mol. The maximum absolute atomic E-state index is 10.8. The summed E-state index contributed by atoms with van der Waals surface area (Å²) in [7, 11) is 1.77. The van der Waals surface area contributed by atoms with Crippen molar-refractivity contribution in [1.29, 1.82) is 0 Å². The van der Waals surface area contributed by atoms with Crippen LogP contribution in [-0.4, -0.2) is 5.65 Å². The molecule has 0 spiro atoms. The highest BCUT2D eigenvalue weighted by molar-refractivity contribution is 7.93. The van der Waals surface area contributed by atoms with Crippen LogP contribution in [0.2, 0.25) is 0 Å². The molecule has 36 valence electrons. The molecule has 5 heteroatoms. The fourth-order valence-corrected chi connectivity index (χ4v) is 0.248. The van der Waals surface area contributed by atoms with Crippen molar-refractivity contribution < 1.29 is 8.68 Å². The van der Waals surface area contributed by atoms with Crippen molar-refractivity contribution in [3.05, 3.63) is 0 Å². The molecule has 0 radical (unpaired) electrons. The first-order valence-electron chi connectivity index (χ1n) is 1.10. The molecule has 2 nitrogen and oxygen atoms in total. The number of amides is 1. The lowest BCUT2D eigenvalue weighted by Gasteiger charge is -1.82. The minimum absolute atomic E-state index is 0.211. The quantitative estimate of drug-likeness (QED) is 0.422. The van der Waals surface area contributed by atoms with E-state index in [1.807, 2.05) is 0 Å². The van der Waals surface area contributed by atoms with Gasteiger partial charge in [0.1, 0.15) is 0 Å². The van der Waals surface area contributed by atoms with Crippen molar-refractivity contribution in [3.63, 3.8) is 0 Å². The van der Waals surface area contributed by atoms with Gasteiger partial charge in [-0.05, 0) is 9.24 Å². The molecular formula is CH3FNOPS. The first kappa shape index (κ1) is 6.18. The molecule has 1 unspecified atom stereocenters. The Kier molecular flexibility index (Phi) is 3.47. The maximum atomic E-state index is 10.8. The van der Waals surface area contributed by atoms with Gasteiger partial charge >= 0.3 is 0 Å². The lowest BCUT2D eigenvalue weighted by molar-refractivity contribution is 0.265. The van der Waals surface area contributed by atoms with Gasteiger partial charge in [0, 0.05) is 0 Å². The zero-order valence-electron chi connectivity index (χ0n) is 2.77. The van der Waals surface area contributed by atoms with Crippen LogP contribution in [0, 0.1) is 0 Å². The van der Waals surface area contributed by atoms with E-state index in [4.69, 9.17) is 0 Å². The smallest absolute Gasteiger partial charge is 0.246 e. The van der Waals surface area contributed by atoms with Crippen LogP contribution in [0.5, 0.6) is 0 Å². The van der Waals surface area contributed by atoms with Crippen LogP contribution in [0.25, 0.3) is 0 Å². The molecular weight excluding hydrogens is 124 g/mol. The molecule has 0 aromatic heterocycles. The normalized spacial score (nSPS) is 7.67. The van der Waals surface area contributed by atoms with Gasteiger partial charge in [-0.3, -0.25) is 9.52 Å². The van der Waals surface area contributed by atoms with E-state index in [0.717, 1.165) is 0 Å². The van der Waals surface area contributed by atoms with Crippen molar-refractivity contribution in [2.75, 3.05) is 0 Å². The largest absolute Gasteiger partial charge is 0.270 e. The van der Waals surface area contributed by atoms with Crippen LogP contribution in [0.3, 0.4) is 0 Å². The number of hydrogen-bond acceptors (Lipinski definition) is 2. The van der Waals surface area contributed by atoms with Gasteiger partial charge in [-0.2, -0.15) is 0 Å². The van der Waals surface area contributed by atoms with Crippen molar-refractivity contribution in [1.82, 2.24) is 4.72 Å². The number of halogens is 1. The second kappa shape index (κ2) is 3.37. The summed E-state index contributed by atoms with van der Waals surface area (Å²) in [6.07, 6.45) is 0. The molecule has 1 amide bonds. The number of rotatable bonds is 1. The summed E-state index contributed by atoms with van der Waals surface area (Å²) in [4.78, 5) is 9.63. The Labute approximate surface area is 41.5 Å². The van der Waals surface area contributed by atoms with E-state index in [1.165, 1.54) is 0 Å². The third-order valence-electron chi connectivity index (χ3n) is 0.139. The van der Waals surface area contributed by atoms with Gasteiger partial charge in [-0.1, -0.05) is 0 Å². The Morgan fingerprint density at radius 3 is 2.50 bits per heavy atom. The molecule has 0 saturated heterocycles. The lowest BCUT2D eigenvalue weighted by atomic mass is 11.5. The predicted octanol–water partition coefficient (Wildman–Crippen LogP) is 1.10. The molecule has 6 heavy (non-hydrogen) atoms. The van der Waals surface area contributed by atoms with Gasteiger partial charge in [-0.25, -0.2) is 0 Å². The fourth-order valence-electron chi connectivity index (χ4n) is 0.0380. The van der Waals surface area contributed by atoms with E-state index >= 15 is 0 Å². The summed E-state index contributed by atoms with van der Waals surface area (Å²) in [5.74, 6) is 0. The highest BCUT2D eigenvalue weighted by Gasteiger charge is 1.83. The maximum Gasteiger partial charge on any atom is 0.246 e. The number of hydrogen-bond donors (Lipinski definition) is 1.